The number of nitrogens with one attached hydrogen (secondary N) is 1. The van der Waals surface area contributed by atoms with E-state index in [1.165, 1.54) is 0 Å². The largest absolute Gasteiger partial charge is 0.334 e. The van der Waals surface area contributed by atoms with Crippen molar-refractivity contribution in [3.8, 4) is 17.2 Å². The number of hydrogen-bond donors (Lipinski definition) is 1. The summed E-state index contributed by atoms with van der Waals surface area (Å²) >= 11 is 0. The smallest absolute Gasteiger partial charge is 0.181 e. The van der Waals surface area contributed by atoms with Crippen LogP contribution in [0.5, 0.6) is 0 Å². The molecule has 6 nitrogen and oxygen atoms in total. The van der Waals surface area contributed by atoms with Gasteiger partial charge in [-0.15, -0.1) is 0 Å². The van der Waals surface area contributed by atoms with Crippen LogP contribution in [0.3, 0.4) is 0 Å². The van der Waals surface area contributed by atoms with Crippen LogP contribution in [0.15, 0.2) is 36.8 Å². The van der Waals surface area contributed by atoms with Gasteiger partial charge in [-0.1, -0.05) is 18.2 Å². The summed E-state index contributed by atoms with van der Waals surface area (Å²) in [5.74, 6) is 0.804. The van der Waals surface area contributed by atoms with Gasteiger partial charge in [-0.05, 0) is 25.5 Å². The van der Waals surface area contributed by atoms with Gasteiger partial charge in [0.25, 0.3) is 0 Å². The van der Waals surface area contributed by atoms with Gasteiger partial charge in [-0.25, -0.2) is 14.6 Å². The molecule has 0 spiro atoms. The van der Waals surface area contributed by atoms with E-state index in [0.717, 1.165) is 39.6 Å². The summed E-state index contributed by atoms with van der Waals surface area (Å²) < 4.78 is 3.84. The molecule has 0 radical (unpaired) electrons. The number of aryl methyl sites for hydroxylation is 3. The Morgan fingerprint density at radius 1 is 1.14 bits per heavy atom. The van der Waals surface area contributed by atoms with Gasteiger partial charge in [-0.2, -0.15) is 5.10 Å². The number of aromatic amines is 1. The molecule has 4 aromatic rings. The second-order valence-electron chi connectivity index (χ2n) is 5.46. The Morgan fingerprint density at radius 3 is 2.68 bits per heavy atom. The Morgan fingerprint density at radius 2 is 1.95 bits per heavy atom. The Bertz CT molecular complexity index is 972. The first-order chi connectivity index (χ1) is 10.6. The van der Waals surface area contributed by atoms with Gasteiger partial charge in [-0.3, -0.25) is 0 Å². The molecule has 0 atom stereocenters. The van der Waals surface area contributed by atoms with Crippen LogP contribution in [0.4, 0.5) is 0 Å². The molecule has 0 amide bonds. The van der Waals surface area contributed by atoms with Gasteiger partial charge in [0, 0.05) is 7.05 Å². The standard InChI is InChI=1S/C16H16N6/c1-10-6-4-5-7-12(10)22-16-14(11(2)20-22)18-15(19-16)13-8-17-9-21(13)3/h4-9H,1-3H3,(H,18,19). The fraction of sp³-hybridized carbons (Fsp3) is 0.188. The van der Waals surface area contributed by atoms with Crippen LogP contribution in [0.1, 0.15) is 11.3 Å². The molecule has 110 valence electrons. The van der Waals surface area contributed by atoms with Crippen molar-refractivity contribution in [1.82, 2.24) is 29.3 Å². The molecular formula is C16H16N6. The summed E-state index contributed by atoms with van der Waals surface area (Å²) in [7, 11) is 1.95. The third-order valence-electron chi connectivity index (χ3n) is 3.90. The van der Waals surface area contributed by atoms with Crippen LogP contribution in [-0.4, -0.2) is 29.3 Å². The molecule has 0 aliphatic heterocycles. The maximum atomic E-state index is 4.74. The molecule has 0 saturated carbocycles. The summed E-state index contributed by atoms with van der Waals surface area (Å²) in [6.45, 7) is 4.06. The van der Waals surface area contributed by atoms with Crippen LogP contribution in [0.25, 0.3) is 28.4 Å². The Balaban J connectivity index is 1.97. The average molecular weight is 292 g/mol. The van der Waals surface area contributed by atoms with Gasteiger partial charge < -0.3 is 9.55 Å². The van der Waals surface area contributed by atoms with Crippen molar-refractivity contribution in [1.29, 1.82) is 0 Å². The third kappa shape index (κ3) is 1.77. The van der Waals surface area contributed by atoms with E-state index < -0.39 is 0 Å². The lowest BCUT2D eigenvalue weighted by Gasteiger charge is -2.05. The van der Waals surface area contributed by atoms with Crippen molar-refractivity contribution in [3.63, 3.8) is 0 Å². The van der Waals surface area contributed by atoms with E-state index in [1.54, 1.807) is 12.5 Å². The highest BCUT2D eigenvalue weighted by atomic mass is 15.3. The number of H-pyrrole nitrogens is 1. The lowest BCUT2D eigenvalue weighted by atomic mass is 10.2. The monoisotopic (exact) mass is 292 g/mol. The molecule has 0 aliphatic rings. The van der Waals surface area contributed by atoms with Crippen molar-refractivity contribution in [3.05, 3.63) is 48.0 Å². The number of hydrogen-bond acceptors (Lipinski definition) is 3. The molecular weight excluding hydrogens is 276 g/mol. The predicted molar refractivity (Wildman–Crippen MR) is 84.9 cm³/mol. The zero-order chi connectivity index (χ0) is 15.3. The SMILES string of the molecule is Cc1ccccc1-n1nc(C)c2[nH]c(-c3cncn3C)nc21. The zero-order valence-corrected chi connectivity index (χ0v) is 12.7. The van der Waals surface area contributed by atoms with E-state index in [4.69, 9.17) is 4.98 Å². The third-order valence-corrected chi connectivity index (χ3v) is 3.90. The molecule has 0 unspecified atom stereocenters. The molecule has 6 heteroatoms. The normalized spacial score (nSPS) is 11.4. The zero-order valence-electron chi connectivity index (χ0n) is 12.7. The minimum atomic E-state index is 0.804. The fourth-order valence-corrected chi connectivity index (χ4v) is 2.69. The van der Waals surface area contributed by atoms with Crippen LogP contribution < -0.4 is 0 Å². The van der Waals surface area contributed by atoms with Crippen molar-refractivity contribution < 1.29 is 0 Å². The van der Waals surface area contributed by atoms with Crippen LogP contribution in [0, 0.1) is 13.8 Å². The number of rotatable bonds is 2. The average Bonchev–Trinajstić information content (AvgIpc) is 3.17. The molecule has 0 saturated heterocycles. The number of nitrogens with zero attached hydrogens (tertiary/aromatic N) is 5. The number of fused-ring (bicyclic) bond motifs is 1. The van der Waals surface area contributed by atoms with Crippen molar-refractivity contribution >= 4 is 11.2 Å². The van der Waals surface area contributed by atoms with Crippen LogP contribution in [0.2, 0.25) is 0 Å². The predicted octanol–water partition coefficient (Wildman–Crippen LogP) is 2.77. The summed E-state index contributed by atoms with van der Waals surface area (Å²) in [6.07, 6.45) is 3.57. The van der Waals surface area contributed by atoms with Crippen LogP contribution in [-0.2, 0) is 7.05 Å². The van der Waals surface area contributed by atoms with Gasteiger partial charge in [0.05, 0.1) is 23.9 Å². The number of aromatic nitrogens is 6. The summed E-state index contributed by atoms with van der Waals surface area (Å²) in [5, 5.41) is 4.63. The minimum Gasteiger partial charge on any atom is -0.334 e. The lowest BCUT2D eigenvalue weighted by molar-refractivity contribution is 0.866. The second-order valence-corrected chi connectivity index (χ2v) is 5.46. The summed E-state index contributed by atoms with van der Waals surface area (Å²) in [4.78, 5) is 12.3. The number of benzene rings is 1. The van der Waals surface area contributed by atoms with Crippen LogP contribution >= 0.6 is 0 Å². The van der Waals surface area contributed by atoms with Gasteiger partial charge >= 0.3 is 0 Å². The highest BCUT2D eigenvalue weighted by molar-refractivity contribution is 5.80. The van der Waals surface area contributed by atoms with Crippen molar-refractivity contribution in [2.45, 2.75) is 13.8 Å². The molecule has 0 aliphatic carbocycles. The van der Waals surface area contributed by atoms with Gasteiger partial charge in [0.15, 0.2) is 11.5 Å². The first kappa shape index (κ1) is 12.8. The first-order valence-corrected chi connectivity index (χ1v) is 7.13. The maximum absolute atomic E-state index is 4.74. The van der Waals surface area contributed by atoms with E-state index in [2.05, 4.69) is 34.1 Å². The molecule has 3 aromatic heterocycles. The van der Waals surface area contributed by atoms with Gasteiger partial charge in [0.1, 0.15) is 11.2 Å². The molecule has 4 rings (SSSR count). The van der Waals surface area contributed by atoms with Crippen molar-refractivity contribution in [2.24, 2.45) is 7.05 Å². The highest BCUT2D eigenvalue weighted by Gasteiger charge is 2.17. The maximum Gasteiger partial charge on any atom is 0.181 e. The Labute approximate surface area is 127 Å². The minimum absolute atomic E-state index is 0.804. The topological polar surface area (TPSA) is 64.3 Å². The van der Waals surface area contributed by atoms with E-state index in [0.29, 0.717) is 0 Å². The Kier molecular flexibility index (Phi) is 2.66. The highest BCUT2D eigenvalue weighted by Crippen LogP contribution is 2.25. The molecule has 22 heavy (non-hydrogen) atoms. The number of imidazole rings is 2. The molecule has 0 bridgehead atoms. The molecule has 1 N–H and O–H groups in total. The lowest BCUT2D eigenvalue weighted by Crippen LogP contribution is -2.00. The summed E-state index contributed by atoms with van der Waals surface area (Å²) in [6, 6.07) is 8.17. The summed E-state index contributed by atoms with van der Waals surface area (Å²) in [5.41, 5.74) is 5.88. The fourth-order valence-electron chi connectivity index (χ4n) is 2.69. The molecule has 1 aromatic carbocycles. The Hall–Kier alpha value is -2.89. The first-order valence-electron chi connectivity index (χ1n) is 7.13. The quantitative estimate of drug-likeness (QED) is 0.618. The van der Waals surface area contributed by atoms with E-state index in [-0.39, 0.29) is 0 Å². The van der Waals surface area contributed by atoms with E-state index in [9.17, 15) is 0 Å². The number of para-hydroxylation sites is 1. The van der Waals surface area contributed by atoms with Gasteiger partial charge in [0.2, 0.25) is 0 Å². The second kappa shape index (κ2) is 4.56. The van der Waals surface area contributed by atoms with Crippen molar-refractivity contribution in [2.75, 3.05) is 0 Å². The van der Waals surface area contributed by atoms with E-state index in [1.807, 2.05) is 35.4 Å². The molecule has 3 heterocycles. The van der Waals surface area contributed by atoms with E-state index >= 15 is 0 Å². The molecule has 0 fully saturated rings.